The van der Waals surface area contributed by atoms with Gasteiger partial charge in [-0.2, -0.15) is 4.68 Å². The van der Waals surface area contributed by atoms with Gasteiger partial charge >= 0.3 is 6.03 Å². The van der Waals surface area contributed by atoms with Gasteiger partial charge in [-0.1, -0.05) is 60.7 Å². The molecule has 0 spiro atoms. The van der Waals surface area contributed by atoms with Crippen LogP contribution in [0.15, 0.2) is 83.7 Å². The zero-order valence-electron chi connectivity index (χ0n) is 15.2. The highest BCUT2D eigenvalue weighted by Gasteiger charge is 2.15. The van der Waals surface area contributed by atoms with Gasteiger partial charge in [0, 0.05) is 11.3 Å². The fraction of sp³-hybridized carbons (Fsp3) is 0.0455. The van der Waals surface area contributed by atoms with Crippen molar-refractivity contribution in [3.63, 3.8) is 0 Å². The van der Waals surface area contributed by atoms with Crippen LogP contribution in [0.3, 0.4) is 0 Å². The lowest BCUT2D eigenvalue weighted by Crippen LogP contribution is -2.37. The van der Waals surface area contributed by atoms with Crippen molar-refractivity contribution in [2.75, 3.05) is 10.7 Å². The number of anilines is 1. The van der Waals surface area contributed by atoms with Crippen LogP contribution in [0.1, 0.15) is 5.56 Å². The molecule has 0 saturated carbocycles. The van der Waals surface area contributed by atoms with Gasteiger partial charge in [0.25, 0.3) is 5.56 Å². The van der Waals surface area contributed by atoms with Crippen LogP contribution in [0.25, 0.3) is 22.3 Å². The molecule has 4 aromatic rings. The van der Waals surface area contributed by atoms with Crippen LogP contribution in [0.5, 0.6) is 0 Å². The van der Waals surface area contributed by atoms with Gasteiger partial charge in [0.2, 0.25) is 0 Å². The van der Waals surface area contributed by atoms with Crippen molar-refractivity contribution >= 4 is 22.6 Å². The number of nitrogens with one attached hydrogen (secondary N) is 2. The molecule has 28 heavy (non-hydrogen) atoms. The zero-order chi connectivity index (χ0) is 19.5. The molecule has 1 heterocycles. The van der Waals surface area contributed by atoms with Crippen LogP contribution < -0.4 is 16.3 Å². The summed E-state index contributed by atoms with van der Waals surface area (Å²) < 4.78 is 1.19. The average Bonchev–Trinajstić information content (AvgIpc) is 2.72. The highest BCUT2D eigenvalue weighted by atomic mass is 16.2. The molecule has 6 heteroatoms. The molecular weight excluding hydrogens is 352 g/mol. The van der Waals surface area contributed by atoms with E-state index in [0.717, 1.165) is 11.1 Å². The molecule has 138 valence electrons. The smallest absolute Gasteiger partial charge is 0.306 e. The van der Waals surface area contributed by atoms with Gasteiger partial charge in [0.1, 0.15) is 0 Å². The normalized spacial score (nSPS) is 10.6. The Morgan fingerprint density at radius 3 is 2.36 bits per heavy atom. The molecule has 1 aromatic heterocycles. The first-order valence-corrected chi connectivity index (χ1v) is 8.84. The Hall–Kier alpha value is -3.93. The average molecular weight is 370 g/mol. The van der Waals surface area contributed by atoms with Crippen molar-refractivity contribution in [3.8, 4) is 11.4 Å². The zero-order valence-corrected chi connectivity index (χ0v) is 15.2. The van der Waals surface area contributed by atoms with E-state index in [9.17, 15) is 9.59 Å². The molecule has 0 aliphatic heterocycles. The summed E-state index contributed by atoms with van der Waals surface area (Å²) in [5.74, 6) is 0.365. The van der Waals surface area contributed by atoms with E-state index in [-0.39, 0.29) is 5.56 Å². The van der Waals surface area contributed by atoms with Crippen LogP contribution >= 0.6 is 0 Å². The van der Waals surface area contributed by atoms with E-state index < -0.39 is 6.03 Å². The van der Waals surface area contributed by atoms with Crippen molar-refractivity contribution in [2.45, 2.75) is 6.92 Å². The predicted molar refractivity (Wildman–Crippen MR) is 111 cm³/mol. The van der Waals surface area contributed by atoms with Crippen molar-refractivity contribution in [1.82, 2.24) is 9.66 Å². The lowest BCUT2D eigenvalue weighted by atomic mass is 10.2. The third-order valence-corrected chi connectivity index (χ3v) is 4.41. The molecule has 3 aromatic carbocycles. The third-order valence-electron chi connectivity index (χ3n) is 4.41. The number of para-hydroxylation sites is 2. The number of fused-ring (bicyclic) bond motifs is 1. The Morgan fingerprint density at radius 2 is 1.57 bits per heavy atom. The van der Waals surface area contributed by atoms with E-state index >= 15 is 0 Å². The molecule has 6 nitrogen and oxygen atoms in total. The monoisotopic (exact) mass is 370 g/mol. The second-order valence-corrected chi connectivity index (χ2v) is 6.34. The van der Waals surface area contributed by atoms with Crippen molar-refractivity contribution < 1.29 is 4.79 Å². The number of amides is 2. The van der Waals surface area contributed by atoms with E-state index in [1.54, 1.807) is 24.3 Å². The first-order chi connectivity index (χ1) is 13.6. The number of aromatic nitrogens is 2. The Morgan fingerprint density at radius 1 is 0.893 bits per heavy atom. The maximum Gasteiger partial charge on any atom is 0.338 e. The lowest BCUT2D eigenvalue weighted by Gasteiger charge is -2.15. The van der Waals surface area contributed by atoms with Gasteiger partial charge in [-0.15, -0.1) is 0 Å². The summed E-state index contributed by atoms with van der Waals surface area (Å²) in [6.45, 7) is 1.90. The molecule has 2 N–H and O–H groups in total. The molecular formula is C22H18N4O2. The maximum atomic E-state index is 13.1. The number of aryl methyl sites for hydroxylation is 1. The van der Waals surface area contributed by atoms with Gasteiger partial charge in [-0.3, -0.25) is 4.79 Å². The second kappa shape index (κ2) is 7.36. The summed E-state index contributed by atoms with van der Waals surface area (Å²) in [6.07, 6.45) is 0. The third kappa shape index (κ3) is 3.35. The van der Waals surface area contributed by atoms with Crippen LogP contribution in [-0.2, 0) is 0 Å². The first kappa shape index (κ1) is 17.5. The van der Waals surface area contributed by atoms with Crippen LogP contribution in [0.4, 0.5) is 10.5 Å². The van der Waals surface area contributed by atoms with Crippen LogP contribution in [0, 0.1) is 6.92 Å². The fourth-order valence-corrected chi connectivity index (χ4v) is 2.98. The predicted octanol–water partition coefficient (Wildman–Crippen LogP) is 4.15. The summed E-state index contributed by atoms with van der Waals surface area (Å²) in [5.41, 5.74) is 5.18. The lowest BCUT2D eigenvalue weighted by molar-refractivity contribution is 0.259. The Bertz CT molecular complexity index is 1220. The van der Waals surface area contributed by atoms with Gasteiger partial charge in [-0.25, -0.2) is 15.2 Å². The summed E-state index contributed by atoms with van der Waals surface area (Å²) in [6, 6.07) is 23.2. The van der Waals surface area contributed by atoms with E-state index in [4.69, 9.17) is 0 Å². The molecule has 0 radical (unpaired) electrons. The summed E-state index contributed by atoms with van der Waals surface area (Å²) in [4.78, 5) is 30.3. The SMILES string of the molecule is Cc1ccccc1NC(=O)Nn1c(-c2ccccc2)nc2ccccc2c1=O. The fourth-order valence-electron chi connectivity index (χ4n) is 2.98. The molecule has 0 fully saturated rings. The highest BCUT2D eigenvalue weighted by Crippen LogP contribution is 2.18. The second-order valence-electron chi connectivity index (χ2n) is 6.34. The summed E-state index contributed by atoms with van der Waals surface area (Å²) in [7, 11) is 0. The Kier molecular flexibility index (Phi) is 4.60. The number of nitrogens with zero attached hydrogens (tertiary/aromatic N) is 2. The number of hydrogen-bond donors (Lipinski definition) is 2. The quantitative estimate of drug-likeness (QED) is 0.569. The topological polar surface area (TPSA) is 76.0 Å². The molecule has 0 unspecified atom stereocenters. The summed E-state index contributed by atoms with van der Waals surface area (Å²) >= 11 is 0. The molecule has 0 aliphatic rings. The summed E-state index contributed by atoms with van der Waals surface area (Å²) in [5, 5.41) is 3.20. The minimum absolute atomic E-state index is 0.343. The molecule has 0 aliphatic carbocycles. The van der Waals surface area contributed by atoms with Crippen LogP contribution in [0.2, 0.25) is 0 Å². The van der Waals surface area contributed by atoms with E-state index in [1.807, 2.05) is 61.5 Å². The van der Waals surface area contributed by atoms with E-state index in [1.165, 1.54) is 4.68 Å². The number of carbonyl (C=O) groups is 1. The Balaban J connectivity index is 1.79. The minimum Gasteiger partial charge on any atom is -0.306 e. The van der Waals surface area contributed by atoms with E-state index in [0.29, 0.717) is 22.4 Å². The number of benzene rings is 3. The van der Waals surface area contributed by atoms with Crippen molar-refractivity contribution in [3.05, 3.63) is 94.8 Å². The van der Waals surface area contributed by atoms with Gasteiger partial charge in [-0.05, 0) is 30.7 Å². The van der Waals surface area contributed by atoms with Crippen LogP contribution in [-0.4, -0.2) is 15.7 Å². The molecule has 0 atom stereocenters. The molecule has 2 amide bonds. The highest BCUT2D eigenvalue weighted by molar-refractivity contribution is 5.96. The van der Waals surface area contributed by atoms with Gasteiger partial charge < -0.3 is 5.32 Å². The van der Waals surface area contributed by atoms with Crippen molar-refractivity contribution in [1.29, 1.82) is 0 Å². The number of urea groups is 1. The number of carbonyl (C=O) groups excluding carboxylic acids is 1. The van der Waals surface area contributed by atoms with Crippen molar-refractivity contribution in [2.24, 2.45) is 0 Å². The standard InChI is InChI=1S/C22H18N4O2/c1-15-9-5-7-13-18(15)24-22(28)25-26-20(16-10-3-2-4-11-16)23-19-14-8-6-12-17(19)21(26)27/h2-14H,1H3,(H2,24,25,28). The largest absolute Gasteiger partial charge is 0.338 e. The number of hydrogen-bond acceptors (Lipinski definition) is 3. The first-order valence-electron chi connectivity index (χ1n) is 8.84. The number of rotatable bonds is 3. The molecule has 4 rings (SSSR count). The maximum absolute atomic E-state index is 13.1. The van der Waals surface area contributed by atoms with Gasteiger partial charge in [0.05, 0.1) is 10.9 Å². The van der Waals surface area contributed by atoms with Gasteiger partial charge in [0.15, 0.2) is 5.82 Å². The Labute approximate surface area is 161 Å². The minimum atomic E-state index is -0.523. The molecule has 0 bridgehead atoms. The van der Waals surface area contributed by atoms with E-state index in [2.05, 4.69) is 15.7 Å². The molecule has 0 saturated heterocycles.